The van der Waals surface area contributed by atoms with Crippen LogP contribution < -0.4 is 5.73 Å². The summed E-state index contributed by atoms with van der Waals surface area (Å²) in [6, 6.07) is 6.18. The van der Waals surface area contributed by atoms with Crippen LogP contribution in [0.1, 0.15) is 43.0 Å². The third-order valence-electron chi connectivity index (χ3n) is 3.58. The zero-order valence-corrected chi connectivity index (χ0v) is 9.37. The summed E-state index contributed by atoms with van der Waals surface area (Å²) >= 11 is 0. The summed E-state index contributed by atoms with van der Waals surface area (Å²) in [5, 5.41) is 0. The summed E-state index contributed by atoms with van der Waals surface area (Å²) in [6.07, 6.45) is 5.23. The van der Waals surface area contributed by atoms with E-state index in [4.69, 9.17) is 10.7 Å². The van der Waals surface area contributed by atoms with Gasteiger partial charge in [0.05, 0.1) is 11.0 Å². The van der Waals surface area contributed by atoms with Gasteiger partial charge >= 0.3 is 0 Å². The van der Waals surface area contributed by atoms with E-state index in [0.717, 1.165) is 22.4 Å². The first kappa shape index (κ1) is 9.85. The first-order chi connectivity index (χ1) is 7.88. The Labute approximate surface area is 95.1 Å². The van der Waals surface area contributed by atoms with Crippen molar-refractivity contribution in [3.63, 3.8) is 0 Å². The molecular formula is C13H17N3. The Morgan fingerprint density at radius 1 is 1.31 bits per heavy atom. The lowest BCUT2D eigenvalue weighted by molar-refractivity contribution is 0.681. The van der Waals surface area contributed by atoms with Crippen molar-refractivity contribution in [2.24, 2.45) is 5.73 Å². The molecule has 0 radical (unpaired) electrons. The molecule has 0 atom stereocenters. The van der Waals surface area contributed by atoms with Gasteiger partial charge in [-0.3, -0.25) is 0 Å². The highest BCUT2D eigenvalue weighted by Gasteiger charge is 2.20. The number of fused-ring (bicyclic) bond motifs is 1. The van der Waals surface area contributed by atoms with Crippen molar-refractivity contribution in [3.05, 3.63) is 29.6 Å². The van der Waals surface area contributed by atoms with E-state index in [9.17, 15) is 0 Å². The molecule has 2 aromatic rings. The molecule has 1 aliphatic carbocycles. The Hall–Kier alpha value is -1.35. The van der Waals surface area contributed by atoms with Crippen LogP contribution in [0.25, 0.3) is 11.0 Å². The summed E-state index contributed by atoms with van der Waals surface area (Å²) in [5.41, 5.74) is 9.05. The van der Waals surface area contributed by atoms with Gasteiger partial charge in [-0.2, -0.15) is 0 Å². The summed E-state index contributed by atoms with van der Waals surface area (Å²) in [7, 11) is 0. The molecule has 3 rings (SSSR count). The van der Waals surface area contributed by atoms with Crippen LogP contribution in [0.3, 0.4) is 0 Å². The van der Waals surface area contributed by atoms with Gasteiger partial charge in [0.15, 0.2) is 0 Å². The van der Waals surface area contributed by atoms with E-state index >= 15 is 0 Å². The number of aromatic amines is 1. The largest absolute Gasteiger partial charge is 0.342 e. The van der Waals surface area contributed by atoms with E-state index in [1.54, 1.807) is 0 Å². The number of para-hydroxylation sites is 1. The second-order valence-electron chi connectivity index (χ2n) is 4.62. The van der Waals surface area contributed by atoms with Gasteiger partial charge in [0.1, 0.15) is 5.82 Å². The molecular weight excluding hydrogens is 198 g/mol. The summed E-state index contributed by atoms with van der Waals surface area (Å²) in [6.45, 7) is 0.562. The Kier molecular flexibility index (Phi) is 2.40. The minimum atomic E-state index is 0.562. The van der Waals surface area contributed by atoms with E-state index < -0.39 is 0 Å². The smallest absolute Gasteiger partial charge is 0.110 e. The molecule has 1 aliphatic rings. The molecule has 0 amide bonds. The summed E-state index contributed by atoms with van der Waals surface area (Å²) < 4.78 is 0. The minimum absolute atomic E-state index is 0.562. The van der Waals surface area contributed by atoms with Crippen molar-refractivity contribution in [3.8, 4) is 0 Å². The molecule has 16 heavy (non-hydrogen) atoms. The van der Waals surface area contributed by atoms with Crippen molar-refractivity contribution in [1.29, 1.82) is 0 Å². The van der Waals surface area contributed by atoms with Crippen LogP contribution in [-0.2, 0) is 6.54 Å². The number of nitrogens with one attached hydrogen (secondary N) is 1. The van der Waals surface area contributed by atoms with Crippen molar-refractivity contribution < 1.29 is 0 Å². The first-order valence-corrected chi connectivity index (χ1v) is 6.06. The van der Waals surface area contributed by atoms with E-state index in [-0.39, 0.29) is 0 Å². The van der Waals surface area contributed by atoms with Crippen LogP contribution in [0.15, 0.2) is 18.2 Å². The van der Waals surface area contributed by atoms with E-state index in [2.05, 4.69) is 17.1 Å². The lowest BCUT2D eigenvalue weighted by atomic mass is 10.1. The van der Waals surface area contributed by atoms with Crippen LogP contribution in [0.5, 0.6) is 0 Å². The number of imidazole rings is 1. The maximum absolute atomic E-state index is 5.72. The lowest BCUT2D eigenvalue weighted by Crippen LogP contribution is -1.97. The molecule has 3 heteroatoms. The summed E-state index contributed by atoms with van der Waals surface area (Å²) in [4.78, 5) is 8.18. The van der Waals surface area contributed by atoms with Crippen LogP contribution in [0.4, 0.5) is 0 Å². The fourth-order valence-electron chi connectivity index (χ4n) is 2.67. The zero-order chi connectivity index (χ0) is 11.0. The van der Waals surface area contributed by atoms with E-state index in [0.29, 0.717) is 12.5 Å². The van der Waals surface area contributed by atoms with Gasteiger partial charge in [-0.25, -0.2) is 4.98 Å². The van der Waals surface area contributed by atoms with Crippen molar-refractivity contribution in [2.45, 2.75) is 38.1 Å². The van der Waals surface area contributed by atoms with E-state index in [1.807, 2.05) is 6.07 Å². The van der Waals surface area contributed by atoms with Crippen LogP contribution in [0.2, 0.25) is 0 Å². The second-order valence-corrected chi connectivity index (χ2v) is 4.62. The molecule has 3 nitrogen and oxygen atoms in total. The standard InChI is InChI=1S/C13H17N3/c14-8-10-6-3-7-11-12(10)16-13(15-11)9-4-1-2-5-9/h3,6-7,9H,1-2,4-5,8,14H2,(H,15,16). The van der Waals surface area contributed by atoms with Crippen LogP contribution in [0, 0.1) is 0 Å². The third-order valence-corrected chi connectivity index (χ3v) is 3.58. The van der Waals surface area contributed by atoms with E-state index in [1.165, 1.54) is 25.7 Å². The highest BCUT2D eigenvalue weighted by molar-refractivity contribution is 5.78. The third kappa shape index (κ3) is 1.52. The number of benzene rings is 1. The van der Waals surface area contributed by atoms with Crippen LogP contribution in [-0.4, -0.2) is 9.97 Å². The molecule has 84 valence electrons. The van der Waals surface area contributed by atoms with Crippen molar-refractivity contribution in [1.82, 2.24) is 9.97 Å². The van der Waals surface area contributed by atoms with Gasteiger partial charge in [-0.1, -0.05) is 25.0 Å². The SMILES string of the molecule is NCc1cccc2[nH]c(C3CCCC3)nc12. The average Bonchev–Trinajstić information content (AvgIpc) is 2.96. The van der Waals surface area contributed by atoms with Gasteiger partial charge in [0, 0.05) is 12.5 Å². The fourth-order valence-corrected chi connectivity index (χ4v) is 2.67. The maximum atomic E-state index is 5.72. The second kappa shape index (κ2) is 3.91. The van der Waals surface area contributed by atoms with Gasteiger partial charge in [-0.15, -0.1) is 0 Å². The maximum Gasteiger partial charge on any atom is 0.110 e. The fraction of sp³-hybridized carbons (Fsp3) is 0.462. The molecule has 1 saturated carbocycles. The monoisotopic (exact) mass is 215 g/mol. The van der Waals surface area contributed by atoms with Crippen molar-refractivity contribution >= 4 is 11.0 Å². The highest BCUT2D eigenvalue weighted by atomic mass is 14.9. The molecule has 3 N–H and O–H groups in total. The average molecular weight is 215 g/mol. The molecule has 1 aromatic heterocycles. The minimum Gasteiger partial charge on any atom is -0.342 e. The topological polar surface area (TPSA) is 54.7 Å². The predicted molar refractivity (Wildman–Crippen MR) is 65.2 cm³/mol. The molecule has 0 saturated heterocycles. The van der Waals surface area contributed by atoms with Crippen molar-refractivity contribution in [2.75, 3.05) is 0 Å². The Morgan fingerprint density at radius 3 is 2.88 bits per heavy atom. The number of rotatable bonds is 2. The number of hydrogen-bond acceptors (Lipinski definition) is 2. The molecule has 0 spiro atoms. The lowest BCUT2D eigenvalue weighted by Gasteiger charge is -2.02. The molecule has 0 aliphatic heterocycles. The van der Waals surface area contributed by atoms with Gasteiger partial charge in [-0.05, 0) is 24.5 Å². The predicted octanol–water partition coefficient (Wildman–Crippen LogP) is 2.68. The van der Waals surface area contributed by atoms with Gasteiger partial charge < -0.3 is 10.7 Å². The number of H-pyrrole nitrogens is 1. The molecule has 0 unspecified atom stereocenters. The molecule has 1 aromatic carbocycles. The quantitative estimate of drug-likeness (QED) is 0.809. The van der Waals surface area contributed by atoms with Gasteiger partial charge in [0.2, 0.25) is 0 Å². The Morgan fingerprint density at radius 2 is 2.12 bits per heavy atom. The number of aromatic nitrogens is 2. The number of nitrogens with zero attached hydrogens (tertiary/aromatic N) is 1. The highest BCUT2D eigenvalue weighted by Crippen LogP contribution is 2.33. The van der Waals surface area contributed by atoms with Crippen LogP contribution >= 0.6 is 0 Å². The first-order valence-electron chi connectivity index (χ1n) is 6.06. The Bertz CT molecular complexity index is 495. The molecule has 0 bridgehead atoms. The summed E-state index contributed by atoms with van der Waals surface area (Å²) in [5.74, 6) is 1.80. The Balaban J connectivity index is 2.07. The molecule has 1 heterocycles. The number of nitrogens with two attached hydrogens (primary N) is 1. The molecule has 1 fully saturated rings. The van der Waals surface area contributed by atoms with Gasteiger partial charge in [0.25, 0.3) is 0 Å². The normalized spacial score (nSPS) is 17.3. The number of hydrogen-bond donors (Lipinski definition) is 2. The zero-order valence-electron chi connectivity index (χ0n) is 9.37.